The first-order valence-corrected chi connectivity index (χ1v) is 21.6. The third kappa shape index (κ3) is 7.22. The summed E-state index contributed by atoms with van der Waals surface area (Å²) in [6.45, 7) is 12.6. The SMILES string of the molecule is CC1Oc2c(cnn2C)-c2ccc3c(c2)c(nn3C2CCCCO2)/C=C/c2c(OCOCC[Si](C)(C)C)nn(CCO)c2CN2CCC[C@H]12. The number of aryl methyl sites for hydroxylation is 1. The molecule has 3 aliphatic heterocycles. The Morgan fingerprint density at radius 3 is 2.76 bits per heavy atom. The molecule has 3 aliphatic rings. The van der Waals surface area contributed by atoms with Crippen LogP contribution in [-0.2, 0) is 29.6 Å². The highest BCUT2D eigenvalue weighted by Crippen LogP contribution is 2.38. The van der Waals surface area contributed by atoms with Gasteiger partial charge in [-0.2, -0.15) is 10.2 Å². The highest BCUT2D eigenvalue weighted by Gasteiger charge is 2.34. The van der Waals surface area contributed by atoms with Crippen LogP contribution in [0, 0.1) is 0 Å². The van der Waals surface area contributed by atoms with Gasteiger partial charge in [-0.05, 0) is 81.5 Å². The first-order valence-electron chi connectivity index (χ1n) is 17.9. The van der Waals surface area contributed by atoms with Crippen molar-refractivity contribution in [1.82, 2.24) is 34.2 Å². The molecule has 1 N–H and O–H groups in total. The fraction of sp³-hybridized carbons (Fsp3) is 0.583. The maximum atomic E-state index is 10.1. The third-order valence-corrected chi connectivity index (χ3v) is 11.7. The van der Waals surface area contributed by atoms with E-state index in [9.17, 15) is 5.11 Å². The van der Waals surface area contributed by atoms with Crippen molar-refractivity contribution in [3.8, 4) is 22.9 Å². The summed E-state index contributed by atoms with van der Waals surface area (Å²) in [7, 11) is 0.704. The predicted molar refractivity (Wildman–Crippen MR) is 192 cm³/mol. The molecule has 264 valence electrons. The number of benzene rings is 1. The number of aliphatic hydroxyl groups excluding tert-OH is 1. The van der Waals surface area contributed by atoms with Crippen molar-refractivity contribution in [2.75, 3.05) is 33.2 Å². The minimum atomic E-state index is -1.23. The highest BCUT2D eigenvalue weighted by molar-refractivity contribution is 6.76. The molecule has 1 aromatic carbocycles. The van der Waals surface area contributed by atoms with Crippen LogP contribution in [0.4, 0.5) is 0 Å². The summed E-state index contributed by atoms with van der Waals surface area (Å²) in [5.74, 6) is 1.25. The molecule has 0 aliphatic carbocycles. The van der Waals surface area contributed by atoms with Crippen molar-refractivity contribution in [2.24, 2.45) is 7.05 Å². The highest BCUT2D eigenvalue weighted by atomic mass is 28.3. The van der Waals surface area contributed by atoms with Crippen LogP contribution >= 0.6 is 0 Å². The maximum absolute atomic E-state index is 10.1. The van der Waals surface area contributed by atoms with E-state index in [0.29, 0.717) is 25.6 Å². The van der Waals surface area contributed by atoms with Gasteiger partial charge in [-0.1, -0.05) is 25.7 Å². The molecule has 4 aromatic rings. The van der Waals surface area contributed by atoms with Gasteiger partial charge in [0, 0.05) is 46.3 Å². The normalized spacial score (nSPS) is 22.3. The fourth-order valence-corrected chi connectivity index (χ4v) is 8.04. The van der Waals surface area contributed by atoms with Crippen molar-refractivity contribution < 1.29 is 24.1 Å². The Kier molecular flexibility index (Phi) is 9.98. The summed E-state index contributed by atoms with van der Waals surface area (Å²) in [5.41, 5.74) is 5.69. The van der Waals surface area contributed by atoms with Gasteiger partial charge >= 0.3 is 0 Å². The van der Waals surface area contributed by atoms with Crippen LogP contribution < -0.4 is 9.47 Å². The van der Waals surface area contributed by atoms with Gasteiger partial charge in [-0.25, -0.2) is 9.36 Å². The average Bonchev–Trinajstić information content (AvgIpc) is 3.85. The first-order chi connectivity index (χ1) is 23.7. The Balaban J connectivity index is 1.35. The van der Waals surface area contributed by atoms with Gasteiger partial charge in [-0.3, -0.25) is 9.58 Å². The van der Waals surface area contributed by atoms with Gasteiger partial charge in [0.05, 0.1) is 47.4 Å². The third-order valence-electron chi connectivity index (χ3n) is 10.0. The van der Waals surface area contributed by atoms with Crippen LogP contribution in [0.2, 0.25) is 25.7 Å². The standard InChI is InChI=1S/C36H51N7O5Si/c1-25-31-9-8-15-41(31)23-33-27(35(39-42(33)16-17-44)47-24-45-19-20-49(3,4)5)12-13-30-28-21-26(29-22-37-40(2)36(29)48-25)11-14-32(28)43(38-30)34-10-6-7-18-46-34/h11-14,21-22,25,31,34,44H,6-10,15-20,23-24H2,1-5H3/b13-12+/t25?,31-,34?/m1/s1. The molecule has 0 saturated carbocycles. The van der Waals surface area contributed by atoms with E-state index in [1.807, 2.05) is 27.3 Å². The molecule has 2 bridgehead atoms. The minimum Gasteiger partial charge on any atom is -0.473 e. The molecule has 2 fully saturated rings. The maximum Gasteiger partial charge on any atom is 0.242 e. The summed E-state index contributed by atoms with van der Waals surface area (Å²) in [6, 6.07) is 7.72. The van der Waals surface area contributed by atoms with Crippen molar-refractivity contribution in [2.45, 2.75) is 96.2 Å². The number of aliphatic hydroxyl groups is 1. The van der Waals surface area contributed by atoms with Crippen molar-refractivity contribution >= 4 is 31.1 Å². The fourth-order valence-electron chi connectivity index (χ4n) is 7.29. The Labute approximate surface area is 289 Å². The minimum absolute atomic E-state index is 0.0323. The molecule has 0 amide bonds. The summed E-state index contributed by atoms with van der Waals surface area (Å²) in [5, 5.41) is 25.8. The molecule has 12 nitrogen and oxygen atoms in total. The number of hydrogen-bond acceptors (Lipinski definition) is 9. The Bertz CT molecular complexity index is 1780. The lowest BCUT2D eigenvalue weighted by atomic mass is 10.0. The molecule has 13 heteroatoms. The smallest absolute Gasteiger partial charge is 0.242 e. The van der Waals surface area contributed by atoms with Crippen LogP contribution in [0.5, 0.6) is 11.8 Å². The Hall–Kier alpha value is -3.49. The zero-order chi connectivity index (χ0) is 34.1. The zero-order valence-electron chi connectivity index (χ0n) is 29.6. The van der Waals surface area contributed by atoms with Gasteiger partial charge in [0.15, 0.2) is 13.0 Å². The lowest BCUT2D eigenvalue weighted by Gasteiger charge is -2.30. The number of ether oxygens (including phenoxy) is 4. The molecule has 2 saturated heterocycles. The lowest BCUT2D eigenvalue weighted by Crippen LogP contribution is -2.41. The molecule has 3 atom stereocenters. The average molecular weight is 690 g/mol. The van der Waals surface area contributed by atoms with E-state index in [1.165, 1.54) is 0 Å². The van der Waals surface area contributed by atoms with Crippen LogP contribution in [0.3, 0.4) is 0 Å². The molecule has 0 radical (unpaired) electrons. The van der Waals surface area contributed by atoms with E-state index >= 15 is 0 Å². The molecule has 49 heavy (non-hydrogen) atoms. The van der Waals surface area contributed by atoms with E-state index in [1.54, 1.807) is 0 Å². The molecule has 0 spiro atoms. The van der Waals surface area contributed by atoms with E-state index in [-0.39, 0.29) is 31.8 Å². The van der Waals surface area contributed by atoms with Crippen LogP contribution in [-0.4, -0.2) is 92.7 Å². The number of fused-ring (bicyclic) bond motifs is 5. The quantitative estimate of drug-likeness (QED) is 0.130. The van der Waals surface area contributed by atoms with E-state index in [2.05, 4.69) is 66.9 Å². The zero-order valence-corrected chi connectivity index (χ0v) is 30.6. The summed E-state index contributed by atoms with van der Waals surface area (Å²) < 4.78 is 31.0. The summed E-state index contributed by atoms with van der Waals surface area (Å²) in [6.07, 6.45) is 11.0. The van der Waals surface area contributed by atoms with E-state index in [0.717, 1.165) is 96.2 Å². The lowest BCUT2D eigenvalue weighted by molar-refractivity contribution is -0.0367. The van der Waals surface area contributed by atoms with Gasteiger partial charge in [0.2, 0.25) is 11.8 Å². The number of hydrogen-bond donors (Lipinski definition) is 1. The number of rotatable bonds is 9. The van der Waals surface area contributed by atoms with Crippen molar-refractivity contribution in [3.63, 3.8) is 0 Å². The molecule has 2 unspecified atom stereocenters. The molecule has 6 heterocycles. The summed E-state index contributed by atoms with van der Waals surface area (Å²) in [4.78, 5) is 2.48. The van der Waals surface area contributed by atoms with Crippen LogP contribution in [0.25, 0.3) is 34.2 Å². The number of nitrogens with zero attached hydrogens (tertiary/aromatic N) is 7. The monoisotopic (exact) mass is 689 g/mol. The van der Waals surface area contributed by atoms with Gasteiger partial charge in [0.25, 0.3) is 0 Å². The largest absolute Gasteiger partial charge is 0.473 e. The van der Waals surface area contributed by atoms with Gasteiger partial charge in [0.1, 0.15) is 6.10 Å². The van der Waals surface area contributed by atoms with Gasteiger partial charge < -0.3 is 24.1 Å². The Morgan fingerprint density at radius 1 is 1.08 bits per heavy atom. The molecule has 3 aromatic heterocycles. The van der Waals surface area contributed by atoms with E-state index < -0.39 is 8.07 Å². The second-order valence-corrected chi connectivity index (χ2v) is 20.4. The molecular formula is C36H51N7O5Si. The first kappa shape index (κ1) is 34.0. The van der Waals surface area contributed by atoms with Crippen LogP contribution in [0.1, 0.15) is 62.2 Å². The predicted octanol–water partition coefficient (Wildman–Crippen LogP) is 5.93. The van der Waals surface area contributed by atoms with E-state index in [4.69, 9.17) is 29.1 Å². The van der Waals surface area contributed by atoms with Crippen LogP contribution in [0.15, 0.2) is 24.4 Å². The van der Waals surface area contributed by atoms with Crippen molar-refractivity contribution in [3.05, 3.63) is 41.3 Å². The second kappa shape index (κ2) is 14.4. The van der Waals surface area contributed by atoms with Crippen molar-refractivity contribution in [1.29, 1.82) is 0 Å². The number of aromatic nitrogens is 6. The molecular weight excluding hydrogens is 639 g/mol. The topological polar surface area (TPSA) is 114 Å². The summed E-state index contributed by atoms with van der Waals surface area (Å²) >= 11 is 0. The Morgan fingerprint density at radius 2 is 1.96 bits per heavy atom. The molecule has 7 rings (SSSR count). The second-order valence-electron chi connectivity index (χ2n) is 14.8. The van der Waals surface area contributed by atoms with Gasteiger partial charge in [-0.15, -0.1) is 5.10 Å².